The van der Waals surface area contributed by atoms with E-state index in [4.69, 9.17) is 10.5 Å². The topological polar surface area (TPSA) is 81.4 Å². The van der Waals surface area contributed by atoms with Crippen molar-refractivity contribution in [1.82, 2.24) is 5.32 Å². The number of carbonyl (C=O) groups excluding carboxylic acids is 2. The number of carbonyl (C=O) groups is 2. The summed E-state index contributed by atoms with van der Waals surface area (Å²) in [5.74, 6) is 0.0826. The maximum atomic E-state index is 11.5. The Labute approximate surface area is 119 Å². The van der Waals surface area contributed by atoms with Crippen LogP contribution in [0.3, 0.4) is 0 Å². The van der Waals surface area contributed by atoms with Crippen LogP contribution < -0.4 is 11.1 Å². The third-order valence-electron chi connectivity index (χ3n) is 2.40. The van der Waals surface area contributed by atoms with E-state index in [-0.39, 0.29) is 12.5 Å². The Morgan fingerprint density at radius 3 is 2.53 bits per heavy atom. The van der Waals surface area contributed by atoms with Gasteiger partial charge in [-0.3, -0.25) is 9.59 Å². The van der Waals surface area contributed by atoms with Crippen molar-refractivity contribution in [2.75, 3.05) is 52.8 Å². The second-order valence-corrected chi connectivity index (χ2v) is 6.33. The van der Waals surface area contributed by atoms with E-state index >= 15 is 0 Å². The van der Waals surface area contributed by atoms with Gasteiger partial charge in [0.2, 0.25) is 5.91 Å². The zero-order valence-electron chi connectivity index (χ0n) is 12.3. The molecule has 0 heterocycles. The molecule has 0 radical (unpaired) electrons. The molecule has 0 fully saturated rings. The van der Waals surface area contributed by atoms with Crippen molar-refractivity contribution < 1.29 is 18.8 Å². The van der Waals surface area contributed by atoms with E-state index in [0.717, 1.165) is 16.8 Å². The summed E-state index contributed by atoms with van der Waals surface area (Å²) in [6.45, 7) is 0.951. The standard InChI is InChI=1S/C12H25N3O3S/c1-15(2,3)6-7-18-11(16)9-14-12(17)10(13)5-8-19-4/h10H,5-9,13H2,1-4H3/p+1/t10-/m0/s1. The van der Waals surface area contributed by atoms with Gasteiger partial charge in [0.15, 0.2) is 0 Å². The number of hydrogen-bond donors (Lipinski definition) is 2. The molecule has 6 nitrogen and oxygen atoms in total. The molecule has 3 N–H and O–H groups in total. The summed E-state index contributed by atoms with van der Waals surface area (Å²) in [4.78, 5) is 22.9. The fourth-order valence-electron chi connectivity index (χ4n) is 1.15. The van der Waals surface area contributed by atoms with Crippen LogP contribution in [0.2, 0.25) is 0 Å². The number of quaternary nitrogens is 1. The molecule has 0 bridgehead atoms. The molecular weight excluding hydrogens is 266 g/mol. The number of nitrogens with zero attached hydrogens (tertiary/aromatic N) is 1. The Balaban J connectivity index is 3.75. The lowest BCUT2D eigenvalue weighted by molar-refractivity contribution is -0.870. The highest BCUT2D eigenvalue weighted by Crippen LogP contribution is 1.98. The average Bonchev–Trinajstić information content (AvgIpc) is 2.31. The van der Waals surface area contributed by atoms with Gasteiger partial charge in [-0.15, -0.1) is 0 Å². The van der Waals surface area contributed by atoms with Gasteiger partial charge in [0, 0.05) is 0 Å². The summed E-state index contributed by atoms with van der Waals surface area (Å²) in [5, 5.41) is 2.49. The Hall–Kier alpha value is -0.790. The van der Waals surface area contributed by atoms with Crippen molar-refractivity contribution in [3.8, 4) is 0 Å². The van der Waals surface area contributed by atoms with Crippen LogP contribution in [0.1, 0.15) is 6.42 Å². The lowest BCUT2D eigenvalue weighted by Crippen LogP contribution is -2.43. The fourth-order valence-corrected chi connectivity index (χ4v) is 1.64. The van der Waals surface area contributed by atoms with Crippen LogP contribution in [-0.4, -0.2) is 75.2 Å². The first kappa shape index (κ1) is 18.2. The highest BCUT2D eigenvalue weighted by atomic mass is 32.2. The summed E-state index contributed by atoms with van der Waals surface area (Å²) in [7, 11) is 6.04. The molecule has 0 aliphatic rings. The Bertz CT molecular complexity index is 292. The Morgan fingerprint density at radius 2 is 2.00 bits per heavy atom. The third-order valence-corrected chi connectivity index (χ3v) is 3.05. The van der Waals surface area contributed by atoms with Crippen LogP contribution in [0, 0.1) is 0 Å². The number of nitrogens with two attached hydrogens (primary N) is 1. The largest absolute Gasteiger partial charge is 0.458 e. The van der Waals surface area contributed by atoms with Crippen LogP contribution >= 0.6 is 11.8 Å². The predicted molar refractivity (Wildman–Crippen MR) is 77.8 cm³/mol. The number of hydrogen-bond acceptors (Lipinski definition) is 5. The Morgan fingerprint density at radius 1 is 1.37 bits per heavy atom. The number of esters is 1. The van der Waals surface area contributed by atoms with Gasteiger partial charge in [0.05, 0.1) is 27.2 Å². The molecule has 0 aromatic carbocycles. The third kappa shape index (κ3) is 10.8. The maximum Gasteiger partial charge on any atom is 0.325 e. The van der Waals surface area contributed by atoms with Gasteiger partial charge in [-0.1, -0.05) is 0 Å². The monoisotopic (exact) mass is 292 g/mol. The van der Waals surface area contributed by atoms with Crippen molar-refractivity contribution in [3.05, 3.63) is 0 Å². The van der Waals surface area contributed by atoms with Gasteiger partial charge >= 0.3 is 5.97 Å². The summed E-state index contributed by atoms with van der Waals surface area (Å²) >= 11 is 1.63. The smallest absolute Gasteiger partial charge is 0.325 e. The molecule has 112 valence electrons. The summed E-state index contributed by atoms with van der Waals surface area (Å²) in [6, 6.07) is -0.563. The van der Waals surface area contributed by atoms with Crippen molar-refractivity contribution in [1.29, 1.82) is 0 Å². The molecule has 1 atom stereocenters. The van der Waals surface area contributed by atoms with Gasteiger partial charge < -0.3 is 20.3 Å². The Kier molecular flexibility index (Phi) is 8.79. The number of likely N-dealkylation sites (N-methyl/N-ethyl adjacent to an activating group) is 1. The zero-order valence-corrected chi connectivity index (χ0v) is 13.1. The number of thioether (sulfide) groups is 1. The molecule has 0 spiro atoms. The molecule has 0 aliphatic carbocycles. The molecule has 7 heteroatoms. The van der Waals surface area contributed by atoms with Crippen LogP contribution in [0.4, 0.5) is 0 Å². The second-order valence-electron chi connectivity index (χ2n) is 5.34. The molecule has 0 saturated carbocycles. The van der Waals surface area contributed by atoms with Crippen molar-refractivity contribution >= 4 is 23.6 Å². The molecule has 0 saturated heterocycles. The summed E-state index contributed by atoms with van der Waals surface area (Å²) in [6.07, 6.45) is 2.55. The summed E-state index contributed by atoms with van der Waals surface area (Å²) in [5.41, 5.74) is 5.67. The minimum Gasteiger partial charge on any atom is -0.458 e. The van der Waals surface area contributed by atoms with E-state index in [1.54, 1.807) is 11.8 Å². The van der Waals surface area contributed by atoms with Gasteiger partial charge in [-0.25, -0.2) is 0 Å². The SMILES string of the molecule is CSCC[C@H](N)C(=O)NCC(=O)OCC[N+](C)(C)C. The zero-order chi connectivity index (χ0) is 14.9. The lowest BCUT2D eigenvalue weighted by Gasteiger charge is -2.23. The molecule has 0 unspecified atom stereocenters. The molecular formula is C12H26N3O3S+. The van der Waals surface area contributed by atoms with Crippen molar-refractivity contribution in [2.45, 2.75) is 12.5 Å². The van der Waals surface area contributed by atoms with Crippen molar-refractivity contribution in [2.24, 2.45) is 5.73 Å². The molecule has 0 aromatic heterocycles. The molecule has 0 aromatic rings. The molecule has 0 rings (SSSR count). The number of rotatable bonds is 9. The van der Waals surface area contributed by atoms with Crippen LogP contribution in [0.25, 0.3) is 0 Å². The van der Waals surface area contributed by atoms with E-state index in [9.17, 15) is 9.59 Å². The normalized spacial score (nSPS) is 12.9. The van der Waals surface area contributed by atoms with Crippen LogP contribution in [0.5, 0.6) is 0 Å². The molecule has 1 amide bonds. The highest BCUT2D eigenvalue weighted by molar-refractivity contribution is 7.98. The van der Waals surface area contributed by atoms with Crippen LogP contribution in [0.15, 0.2) is 0 Å². The van der Waals surface area contributed by atoms with Crippen molar-refractivity contribution in [3.63, 3.8) is 0 Å². The second kappa shape index (κ2) is 9.17. The van der Waals surface area contributed by atoms with Gasteiger partial charge in [-0.05, 0) is 18.4 Å². The first-order valence-electron chi connectivity index (χ1n) is 6.24. The molecule has 19 heavy (non-hydrogen) atoms. The van der Waals surface area contributed by atoms with E-state index < -0.39 is 12.0 Å². The minimum atomic E-state index is -0.563. The van der Waals surface area contributed by atoms with E-state index in [0.29, 0.717) is 13.0 Å². The summed E-state index contributed by atoms with van der Waals surface area (Å²) < 4.78 is 5.74. The van der Waals surface area contributed by atoms with E-state index in [1.165, 1.54) is 0 Å². The van der Waals surface area contributed by atoms with Gasteiger partial charge in [0.1, 0.15) is 19.7 Å². The number of amides is 1. The first-order valence-corrected chi connectivity index (χ1v) is 7.64. The lowest BCUT2D eigenvalue weighted by atomic mass is 10.2. The van der Waals surface area contributed by atoms with E-state index in [1.807, 2.05) is 27.4 Å². The number of nitrogens with one attached hydrogen (secondary N) is 1. The predicted octanol–water partition coefficient (Wildman–Crippen LogP) is -0.568. The van der Waals surface area contributed by atoms with E-state index in [2.05, 4.69) is 5.32 Å². The fraction of sp³-hybridized carbons (Fsp3) is 0.833. The van der Waals surface area contributed by atoms with Gasteiger partial charge in [-0.2, -0.15) is 11.8 Å². The minimum absolute atomic E-state index is 0.122. The highest BCUT2D eigenvalue weighted by Gasteiger charge is 2.15. The molecule has 0 aliphatic heterocycles. The van der Waals surface area contributed by atoms with Gasteiger partial charge in [0.25, 0.3) is 0 Å². The average molecular weight is 292 g/mol. The maximum absolute atomic E-state index is 11.5. The first-order chi connectivity index (χ1) is 8.76. The van der Waals surface area contributed by atoms with Crippen LogP contribution in [-0.2, 0) is 14.3 Å². The number of ether oxygens (including phenoxy) is 1. The quantitative estimate of drug-likeness (QED) is 0.439.